The lowest BCUT2D eigenvalue weighted by atomic mass is 10.2. The smallest absolute Gasteiger partial charge is 0.229 e. The maximum Gasteiger partial charge on any atom is 0.229 e. The van der Waals surface area contributed by atoms with Gasteiger partial charge in [-0.15, -0.1) is 0 Å². The van der Waals surface area contributed by atoms with E-state index in [4.69, 9.17) is 11.6 Å². The molecule has 0 aliphatic rings. The topological polar surface area (TPSA) is 49.8 Å². The number of nitrogens with zero attached hydrogens (tertiary/aromatic N) is 2. The molecule has 4 nitrogen and oxygen atoms in total. The lowest BCUT2D eigenvalue weighted by Crippen LogP contribution is -2.06. The van der Waals surface area contributed by atoms with E-state index in [2.05, 4.69) is 20.6 Å². The van der Waals surface area contributed by atoms with Crippen LogP contribution in [0.2, 0.25) is 5.02 Å². The number of rotatable bonds is 5. The Labute approximate surface area is 161 Å². The molecule has 1 heterocycles. The Morgan fingerprint density at radius 1 is 0.852 bits per heavy atom. The number of fused-ring (bicyclic) bond motifs is 1. The third-order valence-electron chi connectivity index (χ3n) is 4.13. The molecule has 0 saturated heterocycles. The van der Waals surface area contributed by atoms with Gasteiger partial charge in [-0.3, -0.25) is 0 Å². The Hall–Kier alpha value is -3.18. The van der Waals surface area contributed by atoms with E-state index < -0.39 is 0 Å². The molecule has 4 rings (SSSR count). The average Bonchev–Trinajstić information content (AvgIpc) is 2.69. The van der Waals surface area contributed by atoms with E-state index in [1.165, 1.54) is 6.07 Å². The molecule has 0 fully saturated rings. The number of para-hydroxylation sites is 2. The Balaban J connectivity index is 1.68. The lowest BCUT2D eigenvalue weighted by Gasteiger charge is -2.13. The number of aromatic nitrogens is 2. The zero-order valence-electron chi connectivity index (χ0n) is 14.3. The summed E-state index contributed by atoms with van der Waals surface area (Å²) in [4.78, 5) is 9.03. The van der Waals surface area contributed by atoms with Crippen molar-refractivity contribution in [2.45, 2.75) is 6.54 Å². The third kappa shape index (κ3) is 3.83. The molecule has 0 aliphatic heterocycles. The Morgan fingerprint density at radius 3 is 2.44 bits per heavy atom. The fraction of sp³-hybridized carbons (Fsp3) is 0.0476. The van der Waals surface area contributed by atoms with Crippen LogP contribution < -0.4 is 10.6 Å². The van der Waals surface area contributed by atoms with Crippen LogP contribution in [0.25, 0.3) is 10.9 Å². The summed E-state index contributed by atoms with van der Waals surface area (Å²) >= 11 is 6.24. The minimum absolute atomic E-state index is 0.320. The van der Waals surface area contributed by atoms with Gasteiger partial charge in [-0.1, -0.05) is 54.1 Å². The molecule has 0 atom stereocenters. The van der Waals surface area contributed by atoms with Crippen LogP contribution in [-0.2, 0) is 6.54 Å². The molecule has 6 heteroatoms. The first-order valence-electron chi connectivity index (χ1n) is 8.46. The zero-order valence-corrected chi connectivity index (χ0v) is 15.0. The normalized spacial score (nSPS) is 10.7. The van der Waals surface area contributed by atoms with E-state index in [1.807, 2.05) is 48.5 Å². The first kappa shape index (κ1) is 17.2. The fourth-order valence-electron chi connectivity index (χ4n) is 2.77. The van der Waals surface area contributed by atoms with E-state index in [-0.39, 0.29) is 5.82 Å². The second-order valence-corrected chi connectivity index (χ2v) is 6.37. The molecular weight excluding hydrogens is 363 g/mol. The summed E-state index contributed by atoms with van der Waals surface area (Å²) in [5, 5.41) is 7.83. The summed E-state index contributed by atoms with van der Waals surface area (Å²) in [7, 11) is 0. The van der Waals surface area contributed by atoms with Gasteiger partial charge in [0.25, 0.3) is 0 Å². The largest absolute Gasteiger partial charge is 0.365 e. The van der Waals surface area contributed by atoms with Gasteiger partial charge in [0.1, 0.15) is 11.6 Å². The van der Waals surface area contributed by atoms with E-state index in [0.717, 1.165) is 16.5 Å². The van der Waals surface area contributed by atoms with E-state index in [9.17, 15) is 4.39 Å². The maximum absolute atomic E-state index is 14.0. The van der Waals surface area contributed by atoms with Gasteiger partial charge in [0.05, 0.1) is 11.2 Å². The van der Waals surface area contributed by atoms with E-state index in [1.54, 1.807) is 18.2 Å². The summed E-state index contributed by atoms with van der Waals surface area (Å²) < 4.78 is 14.0. The van der Waals surface area contributed by atoms with Crippen LogP contribution in [0.4, 0.5) is 21.8 Å². The first-order chi connectivity index (χ1) is 13.2. The van der Waals surface area contributed by atoms with Crippen molar-refractivity contribution in [2.24, 2.45) is 0 Å². The molecule has 0 radical (unpaired) electrons. The lowest BCUT2D eigenvalue weighted by molar-refractivity contribution is 0.631. The molecule has 0 aliphatic carbocycles. The molecule has 0 amide bonds. The van der Waals surface area contributed by atoms with Crippen LogP contribution in [0.3, 0.4) is 0 Å². The van der Waals surface area contributed by atoms with Crippen molar-refractivity contribution >= 4 is 40.0 Å². The molecule has 1 aromatic heterocycles. The molecule has 4 aromatic rings. The second-order valence-electron chi connectivity index (χ2n) is 5.96. The summed E-state index contributed by atoms with van der Waals surface area (Å²) in [6.45, 7) is 0.514. The number of benzene rings is 3. The highest BCUT2D eigenvalue weighted by atomic mass is 35.5. The van der Waals surface area contributed by atoms with Crippen LogP contribution >= 0.6 is 11.6 Å². The van der Waals surface area contributed by atoms with Crippen molar-refractivity contribution in [3.05, 3.63) is 89.2 Å². The van der Waals surface area contributed by atoms with Gasteiger partial charge < -0.3 is 10.6 Å². The SMILES string of the molecule is Fc1ccccc1Nc1nc(NCc2ccccc2Cl)c2ccccc2n1. The van der Waals surface area contributed by atoms with Gasteiger partial charge in [-0.25, -0.2) is 9.37 Å². The molecule has 2 N–H and O–H groups in total. The van der Waals surface area contributed by atoms with Crippen LogP contribution in [0.15, 0.2) is 72.8 Å². The van der Waals surface area contributed by atoms with Crippen molar-refractivity contribution in [3.8, 4) is 0 Å². The van der Waals surface area contributed by atoms with Crippen LogP contribution in [0.5, 0.6) is 0 Å². The van der Waals surface area contributed by atoms with Gasteiger partial charge in [-0.2, -0.15) is 4.98 Å². The van der Waals surface area contributed by atoms with E-state index in [0.29, 0.717) is 29.0 Å². The van der Waals surface area contributed by atoms with Crippen molar-refractivity contribution in [1.29, 1.82) is 0 Å². The molecule has 0 bridgehead atoms. The van der Waals surface area contributed by atoms with Crippen molar-refractivity contribution in [2.75, 3.05) is 10.6 Å². The van der Waals surface area contributed by atoms with Gasteiger partial charge in [0, 0.05) is 17.0 Å². The van der Waals surface area contributed by atoms with Crippen LogP contribution in [0.1, 0.15) is 5.56 Å². The van der Waals surface area contributed by atoms with Gasteiger partial charge >= 0.3 is 0 Å². The fourth-order valence-corrected chi connectivity index (χ4v) is 2.97. The number of hydrogen-bond donors (Lipinski definition) is 2. The molecule has 0 saturated carbocycles. The van der Waals surface area contributed by atoms with Crippen molar-refractivity contribution in [1.82, 2.24) is 9.97 Å². The maximum atomic E-state index is 14.0. The number of halogens is 2. The molecule has 0 spiro atoms. The molecule has 134 valence electrons. The number of anilines is 3. The summed E-state index contributed by atoms with van der Waals surface area (Å²) in [5.74, 6) is 0.611. The zero-order chi connectivity index (χ0) is 18.6. The minimum Gasteiger partial charge on any atom is -0.365 e. The summed E-state index contributed by atoms with van der Waals surface area (Å²) in [5.41, 5.74) is 2.04. The highest BCUT2D eigenvalue weighted by Gasteiger charge is 2.10. The average molecular weight is 379 g/mol. The predicted octanol–water partition coefficient (Wildman–Crippen LogP) is 5.78. The van der Waals surface area contributed by atoms with E-state index >= 15 is 0 Å². The highest BCUT2D eigenvalue weighted by molar-refractivity contribution is 6.31. The molecular formula is C21H16ClFN4. The number of hydrogen-bond acceptors (Lipinski definition) is 4. The first-order valence-corrected chi connectivity index (χ1v) is 8.84. The number of nitrogens with one attached hydrogen (secondary N) is 2. The van der Waals surface area contributed by atoms with Crippen LogP contribution in [0, 0.1) is 5.82 Å². The van der Waals surface area contributed by atoms with Crippen molar-refractivity contribution in [3.63, 3.8) is 0 Å². The van der Waals surface area contributed by atoms with Gasteiger partial charge in [0.2, 0.25) is 5.95 Å². The second kappa shape index (κ2) is 7.60. The Morgan fingerprint density at radius 2 is 1.59 bits per heavy atom. The summed E-state index contributed by atoms with van der Waals surface area (Å²) in [6.07, 6.45) is 0. The van der Waals surface area contributed by atoms with Gasteiger partial charge in [-0.05, 0) is 35.9 Å². The molecule has 27 heavy (non-hydrogen) atoms. The van der Waals surface area contributed by atoms with Crippen molar-refractivity contribution < 1.29 is 4.39 Å². The standard InChI is InChI=1S/C21H16ClFN4/c22-16-9-3-1-7-14(16)13-24-20-15-8-2-5-11-18(15)25-21(27-20)26-19-12-6-4-10-17(19)23/h1-12H,13H2,(H2,24,25,26,27). The Bertz CT molecular complexity index is 1100. The highest BCUT2D eigenvalue weighted by Crippen LogP contribution is 2.25. The van der Waals surface area contributed by atoms with Gasteiger partial charge in [0.15, 0.2) is 0 Å². The van der Waals surface area contributed by atoms with Crippen LogP contribution in [-0.4, -0.2) is 9.97 Å². The molecule has 3 aromatic carbocycles. The minimum atomic E-state index is -0.361. The summed E-state index contributed by atoms with van der Waals surface area (Å²) in [6, 6.07) is 21.7. The predicted molar refractivity (Wildman–Crippen MR) is 108 cm³/mol. The third-order valence-corrected chi connectivity index (χ3v) is 4.50. The quantitative estimate of drug-likeness (QED) is 0.462. The Kier molecular flexibility index (Phi) is 4.85. The monoisotopic (exact) mass is 378 g/mol. The molecule has 0 unspecified atom stereocenters.